The third-order valence-corrected chi connectivity index (χ3v) is 6.74. The van der Waals surface area contributed by atoms with E-state index in [0.717, 1.165) is 0 Å². The number of fused-ring (bicyclic) bond motifs is 2. The van der Waals surface area contributed by atoms with Crippen molar-refractivity contribution in [3.63, 3.8) is 0 Å². The van der Waals surface area contributed by atoms with Crippen LogP contribution in [-0.2, 0) is 16.6 Å². The van der Waals surface area contributed by atoms with Crippen LogP contribution in [0.1, 0.15) is 25.8 Å². The SMILES string of the molecule is CC(C)CCn1c(=O)c(C2=NS(=O)(=O)c3cc(OCC#N)ccc3N2)c(O)c2cc(N)ccc21. The molecule has 0 bridgehead atoms. The lowest BCUT2D eigenvalue weighted by atomic mass is 10.1. The van der Waals surface area contributed by atoms with E-state index in [4.69, 9.17) is 15.7 Å². The third kappa shape index (κ3) is 4.15. The van der Waals surface area contributed by atoms with Crippen LogP contribution in [0.4, 0.5) is 11.4 Å². The van der Waals surface area contributed by atoms with Crippen molar-refractivity contribution in [2.75, 3.05) is 17.7 Å². The molecule has 0 radical (unpaired) electrons. The van der Waals surface area contributed by atoms with Crippen LogP contribution in [0.25, 0.3) is 10.9 Å². The van der Waals surface area contributed by atoms with Crippen molar-refractivity contribution in [3.8, 4) is 17.6 Å². The van der Waals surface area contributed by atoms with Crippen LogP contribution in [0.5, 0.6) is 11.5 Å². The number of nitriles is 1. The normalized spacial score (nSPS) is 14.2. The summed E-state index contributed by atoms with van der Waals surface area (Å²) < 4.78 is 36.4. The monoisotopic (exact) mass is 481 g/mol. The van der Waals surface area contributed by atoms with Crippen molar-refractivity contribution < 1.29 is 18.3 Å². The Morgan fingerprint density at radius 1 is 1.26 bits per heavy atom. The number of nitrogens with one attached hydrogen (secondary N) is 1. The van der Waals surface area contributed by atoms with E-state index in [0.29, 0.717) is 35.5 Å². The number of aromatic nitrogens is 1. The number of amidine groups is 1. The molecule has 176 valence electrons. The van der Waals surface area contributed by atoms with Crippen LogP contribution in [0.15, 0.2) is 50.5 Å². The standard InChI is InChI=1S/C23H23N5O5S/c1-13(2)7-9-28-18-6-3-14(25)11-16(18)21(29)20(23(28)30)22-26-17-5-4-15(33-10-8-24)12-19(17)34(31,32)27-22/h3-6,11-13,29H,7,9-10,25H2,1-2H3,(H,26,27). The molecule has 1 aromatic heterocycles. The Morgan fingerprint density at radius 2 is 2.03 bits per heavy atom. The van der Waals surface area contributed by atoms with Gasteiger partial charge in [-0.1, -0.05) is 13.8 Å². The number of anilines is 2. The quantitative estimate of drug-likeness (QED) is 0.453. The van der Waals surface area contributed by atoms with Crippen LogP contribution in [-0.4, -0.2) is 30.5 Å². The maximum atomic E-state index is 13.5. The number of rotatable bonds is 6. The van der Waals surface area contributed by atoms with Crippen molar-refractivity contribution in [1.29, 1.82) is 5.26 Å². The molecular formula is C23H23N5O5S. The molecular weight excluding hydrogens is 458 g/mol. The van der Waals surface area contributed by atoms with E-state index < -0.39 is 21.3 Å². The Balaban J connectivity index is 1.90. The zero-order valence-corrected chi connectivity index (χ0v) is 19.4. The fourth-order valence-electron chi connectivity index (χ4n) is 3.73. The van der Waals surface area contributed by atoms with E-state index >= 15 is 0 Å². The molecule has 0 atom stereocenters. The number of nitrogen functional groups attached to an aromatic ring is 1. The summed E-state index contributed by atoms with van der Waals surface area (Å²) in [5, 5.41) is 22.9. The molecule has 2 aromatic carbocycles. The van der Waals surface area contributed by atoms with Crippen LogP contribution < -0.4 is 21.3 Å². The molecule has 1 aliphatic rings. The zero-order valence-electron chi connectivity index (χ0n) is 18.6. The Labute approximate surface area is 196 Å². The molecule has 1 aliphatic heterocycles. The topological polar surface area (TPSA) is 160 Å². The van der Waals surface area contributed by atoms with Gasteiger partial charge in [0.15, 0.2) is 12.4 Å². The molecule has 0 fully saturated rings. The molecule has 0 saturated heterocycles. The van der Waals surface area contributed by atoms with Crippen molar-refractivity contribution in [2.45, 2.75) is 31.7 Å². The van der Waals surface area contributed by atoms with Crippen molar-refractivity contribution in [2.24, 2.45) is 10.3 Å². The highest BCUT2D eigenvalue weighted by Gasteiger charge is 2.30. The lowest BCUT2D eigenvalue weighted by Gasteiger charge is -2.21. The highest BCUT2D eigenvalue weighted by molar-refractivity contribution is 7.90. The Bertz CT molecular complexity index is 1530. The lowest BCUT2D eigenvalue weighted by Crippen LogP contribution is -2.33. The average Bonchev–Trinajstić information content (AvgIpc) is 2.77. The Morgan fingerprint density at radius 3 is 2.74 bits per heavy atom. The van der Waals surface area contributed by atoms with Gasteiger partial charge in [0.25, 0.3) is 15.6 Å². The van der Waals surface area contributed by atoms with Gasteiger partial charge in [-0.2, -0.15) is 13.7 Å². The van der Waals surface area contributed by atoms with Crippen molar-refractivity contribution in [3.05, 3.63) is 52.3 Å². The van der Waals surface area contributed by atoms with Crippen LogP contribution in [0, 0.1) is 17.2 Å². The number of aromatic hydroxyl groups is 1. The molecule has 3 aromatic rings. The average molecular weight is 482 g/mol. The first-order valence-corrected chi connectivity index (χ1v) is 12.0. The van der Waals surface area contributed by atoms with Crippen LogP contribution >= 0.6 is 0 Å². The molecule has 2 heterocycles. The summed E-state index contributed by atoms with van der Waals surface area (Å²) in [7, 11) is -4.24. The van der Waals surface area contributed by atoms with Gasteiger partial charge < -0.3 is 25.5 Å². The van der Waals surface area contributed by atoms with Gasteiger partial charge in [0.2, 0.25) is 0 Å². The first-order chi connectivity index (χ1) is 16.1. The van der Waals surface area contributed by atoms with Gasteiger partial charge in [0.1, 0.15) is 28.0 Å². The minimum absolute atomic E-state index is 0.162. The molecule has 0 amide bonds. The predicted molar refractivity (Wildman–Crippen MR) is 129 cm³/mol. The third-order valence-electron chi connectivity index (χ3n) is 5.43. The number of hydrogen-bond donors (Lipinski definition) is 3. The van der Waals surface area contributed by atoms with Gasteiger partial charge in [0, 0.05) is 23.7 Å². The number of nitrogens with two attached hydrogens (primary N) is 1. The fourth-order valence-corrected chi connectivity index (χ4v) is 4.87. The summed E-state index contributed by atoms with van der Waals surface area (Å²) in [5.41, 5.74) is 6.10. The van der Waals surface area contributed by atoms with E-state index in [2.05, 4.69) is 9.71 Å². The molecule has 0 unspecified atom stereocenters. The maximum absolute atomic E-state index is 13.5. The van der Waals surface area contributed by atoms with Gasteiger partial charge in [-0.05, 0) is 42.7 Å². The number of aryl methyl sites for hydroxylation is 1. The van der Waals surface area contributed by atoms with Crippen molar-refractivity contribution >= 4 is 38.1 Å². The van der Waals surface area contributed by atoms with Crippen LogP contribution in [0.3, 0.4) is 0 Å². The summed E-state index contributed by atoms with van der Waals surface area (Å²) in [5.74, 6) is -0.206. The van der Waals surface area contributed by atoms with E-state index in [1.54, 1.807) is 12.1 Å². The van der Waals surface area contributed by atoms with Crippen molar-refractivity contribution in [1.82, 2.24) is 4.57 Å². The molecule has 4 N–H and O–H groups in total. The lowest BCUT2D eigenvalue weighted by molar-refractivity contribution is 0.367. The molecule has 0 spiro atoms. The summed E-state index contributed by atoms with van der Waals surface area (Å²) in [4.78, 5) is 13.3. The summed E-state index contributed by atoms with van der Waals surface area (Å²) >= 11 is 0. The predicted octanol–water partition coefficient (Wildman–Crippen LogP) is 2.80. The van der Waals surface area contributed by atoms with Gasteiger partial charge in [-0.15, -0.1) is 4.40 Å². The molecule has 0 aliphatic carbocycles. The second-order valence-corrected chi connectivity index (χ2v) is 9.86. The van der Waals surface area contributed by atoms with E-state index in [-0.39, 0.29) is 34.3 Å². The number of benzene rings is 2. The minimum Gasteiger partial charge on any atom is -0.506 e. The zero-order chi connectivity index (χ0) is 24.6. The largest absolute Gasteiger partial charge is 0.506 e. The number of hydrogen-bond acceptors (Lipinski definition) is 8. The molecule has 4 rings (SSSR count). The maximum Gasteiger partial charge on any atom is 0.286 e. The fraction of sp³-hybridized carbons (Fsp3) is 0.261. The minimum atomic E-state index is -4.24. The number of pyridine rings is 1. The first kappa shape index (κ1) is 23.1. The summed E-state index contributed by atoms with van der Waals surface area (Å²) in [6.07, 6.45) is 0.691. The van der Waals surface area contributed by atoms with Gasteiger partial charge in [0.05, 0.1) is 11.2 Å². The number of nitrogens with zero attached hydrogens (tertiary/aromatic N) is 3. The van der Waals surface area contributed by atoms with E-state index in [9.17, 15) is 18.3 Å². The molecule has 0 saturated carbocycles. The Hall–Kier alpha value is -4.04. The highest BCUT2D eigenvalue weighted by Crippen LogP contribution is 2.35. The summed E-state index contributed by atoms with van der Waals surface area (Å²) in [6.45, 7) is 4.17. The molecule has 11 heteroatoms. The smallest absolute Gasteiger partial charge is 0.286 e. The second kappa shape index (κ2) is 8.72. The molecule has 34 heavy (non-hydrogen) atoms. The van der Waals surface area contributed by atoms with Crippen LogP contribution in [0.2, 0.25) is 0 Å². The highest BCUT2D eigenvalue weighted by atomic mass is 32.2. The number of ether oxygens (including phenoxy) is 1. The van der Waals surface area contributed by atoms with Gasteiger partial charge in [-0.25, -0.2) is 0 Å². The van der Waals surface area contributed by atoms with Gasteiger partial charge >= 0.3 is 0 Å². The van der Waals surface area contributed by atoms with Gasteiger partial charge in [-0.3, -0.25) is 4.79 Å². The first-order valence-electron chi connectivity index (χ1n) is 10.5. The summed E-state index contributed by atoms with van der Waals surface area (Å²) in [6, 6.07) is 10.8. The van der Waals surface area contributed by atoms with E-state index in [1.165, 1.54) is 28.8 Å². The molecule has 10 nitrogen and oxygen atoms in total. The Kier molecular flexibility index (Phi) is 5.93. The van der Waals surface area contributed by atoms with E-state index in [1.807, 2.05) is 19.9 Å². The number of sulfonamides is 1. The second-order valence-electron chi connectivity index (χ2n) is 8.28.